The van der Waals surface area contributed by atoms with E-state index in [1.54, 1.807) is 0 Å². The van der Waals surface area contributed by atoms with Gasteiger partial charge in [-0.25, -0.2) is 0 Å². The van der Waals surface area contributed by atoms with Gasteiger partial charge in [0.2, 0.25) is 0 Å². The molecule has 5 heteroatoms. The topological polar surface area (TPSA) is 25.8 Å². The highest BCUT2D eigenvalue weighted by atomic mass is 79.9. The molecule has 0 saturated heterocycles. The Hall–Kier alpha value is -0.450. The normalized spacial score (nSPS) is 10.6. The predicted octanol–water partition coefficient (Wildman–Crippen LogP) is 4.01. The highest BCUT2D eigenvalue weighted by Gasteiger charge is 2.08. The van der Waals surface area contributed by atoms with Gasteiger partial charge in [0.15, 0.2) is 0 Å². The van der Waals surface area contributed by atoms with Gasteiger partial charge in [-0.05, 0) is 24.6 Å². The fraction of sp³-hybridized carbons (Fsp3) is 0.200. The molecule has 0 radical (unpaired) electrons. The van der Waals surface area contributed by atoms with Crippen LogP contribution in [0.4, 0.5) is 0 Å². The second kappa shape index (κ2) is 4.60. The number of aryl methyl sites for hydroxylation is 1. The van der Waals surface area contributed by atoms with E-state index in [0.29, 0.717) is 5.88 Å². The number of nitrogens with zero attached hydrogens (tertiary/aromatic N) is 2. The van der Waals surface area contributed by atoms with Crippen LogP contribution in [0, 0.1) is 6.92 Å². The fourth-order valence-electron chi connectivity index (χ4n) is 1.24. The second-order valence-corrected chi connectivity index (χ2v) is 5.34. The Balaban J connectivity index is 2.48. The molecule has 2 aromatic rings. The van der Waals surface area contributed by atoms with E-state index in [4.69, 9.17) is 11.6 Å². The zero-order valence-electron chi connectivity index (χ0n) is 8.00. The summed E-state index contributed by atoms with van der Waals surface area (Å²) in [6.07, 6.45) is 0. The van der Waals surface area contributed by atoms with Gasteiger partial charge in [-0.3, -0.25) is 0 Å². The van der Waals surface area contributed by atoms with Crippen LogP contribution in [0.2, 0.25) is 0 Å². The van der Waals surface area contributed by atoms with Gasteiger partial charge in [0.05, 0.1) is 5.88 Å². The maximum atomic E-state index is 5.70. The lowest BCUT2D eigenvalue weighted by molar-refractivity contribution is 1.04. The van der Waals surface area contributed by atoms with Gasteiger partial charge in [0.1, 0.15) is 10.0 Å². The van der Waals surface area contributed by atoms with Gasteiger partial charge in [-0.2, -0.15) is 0 Å². The molecular weight excluding hydrogens is 296 g/mol. The lowest BCUT2D eigenvalue weighted by atomic mass is 10.1. The summed E-state index contributed by atoms with van der Waals surface area (Å²) in [7, 11) is 0. The molecule has 2 nitrogen and oxygen atoms in total. The summed E-state index contributed by atoms with van der Waals surface area (Å²) < 4.78 is 1.05. The summed E-state index contributed by atoms with van der Waals surface area (Å²) in [5, 5.41) is 9.90. The van der Waals surface area contributed by atoms with Gasteiger partial charge >= 0.3 is 0 Å². The fourth-order valence-corrected chi connectivity index (χ4v) is 2.59. The van der Waals surface area contributed by atoms with Gasteiger partial charge < -0.3 is 0 Å². The van der Waals surface area contributed by atoms with Crippen LogP contribution in [-0.4, -0.2) is 10.2 Å². The maximum Gasteiger partial charge on any atom is 0.148 e. The Labute approximate surface area is 105 Å². The van der Waals surface area contributed by atoms with Crippen LogP contribution >= 0.6 is 38.9 Å². The molecule has 1 aromatic heterocycles. The molecule has 0 aliphatic heterocycles. The zero-order chi connectivity index (χ0) is 10.8. The van der Waals surface area contributed by atoms with E-state index in [-0.39, 0.29) is 0 Å². The molecule has 0 aliphatic carbocycles. The van der Waals surface area contributed by atoms with Crippen LogP contribution in [-0.2, 0) is 5.88 Å². The third-order valence-corrected chi connectivity index (χ3v) is 3.87. The van der Waals surface area contributed by atoms with Crippen LogP contribution in [0.1, 0.15) is 10.6 Å². The summed E-state index contributed by atoms with van der Waals surface area (Å²) >= 11 is 10.7. The van der Waals surface area contributed by atoms with E-state index in [1.807, 2.05) is 12.1 Å². The lowest BCUT2D eigenvalue weighted by Gasteiger charge is -2.01. The molecule has 0 bridgehead atoms. The number of rotatable bonds is 2. The molecule has 0 aliphatic rings. The number of hydrogen-bond donors (Lipinski definition) is 0. The molecule has 2 rings (SSSR count). The predicted molar refractivity (Wildman–Crippen MR) is 67.3 cm³/mol. The van der Waals surface area contributed by atoms with Crippen molar-refractivity contribution in [1.82, 2.24) is 10.2 Å². The average molecular weight is 304 g/mol. The van der Waals surface area contributed by atoms with Crippen molar-refractivity contribution in [2.75, 3.05) is 0 Å². The van der Waals surface area contributed by atoms with Gasteiger partial charge in [0, 0.05) is 10.0 Å². The van der Waals surface area contributed by atoms with Crippen LogP contribution in [0.5, 0.6) is 0 Å². The van der Waals surface area contributed by atoms with Crippen molar-refractivity contribution in [3.63, 3.8) is 0 Å². The Morgan fingerprint density at radius 1 is 1.40 bits per heavy atom. The Morgan fingerprint density at radius 2 is 2.20 bits per heavy atom. The standard InChI is InChI=1S/C10H8BrClN2S/c1-6-2-3-7(11)4-8(6)10-14-13-9(5-12)15-10/h2-4H,5H2,1H3. The highest BCUT2D eigenvalue weighted by molar-refractivity contribution is 9.10. The van der Waals surface area contributed by atoms with Gasteiger partial charge in [0.25, 0.3) is 0 Å². The molecule has 0 fully saturated rings. The number of halogens is 2. The number of alkyl halides is 1. The van der Waals surface area contributed by atoms with Gasteiger partial charge in [-0.15, -0.1) is 21.8 Å². The van der Waals surface area contributed by atoms with Crippen molar-refractivity contribution in [2.45, 2.75) is 12.8 Å². The van der Waals surface area contributed by atoms with Crippen molar-refractivity contribution in [3.8, 4) is 10.6 Å². The molecule has 1 aromatic carbocycles. The first-order valence-corrected chi connectivity index (χ1v) is 6.50. The molecular formula is C10H8BrClN2S. The summed E-state index contributed by atoms with van der Waals surface area (Å²) in [6, 6.07) is 6.12. The van der Waals surface area contributed by atoms with Crippen LogP contribution < -0.4 is 0 Å². The number of hydrogen-bond acceptors (Lipinski definition) is 3. The van der Waals surface area contributed by atoms with E-state index in [0.717, 1.165) is 20.1 Å². The molecule has 0 saturated carbocycles. The SMILES string of the molecule is Cc1ccc(Br)cc1-c1nnc(CCl)s1. The minimum atomic E-state index is 0.421. The molecule has 0 unspecified atom stereocenters. The third kappa shape index (κ3) is 2.38. The summed E-state index contributed by atoms with van der Waals surface area (Å²) in [5.74, 6) is 0.421. The number of aromatic nitrogens is 2. The van der Waals surface area contributed by atoms with Crippen LogP contribution in [0.3, 0.4) is 0 Å². The van der Waals surface area contributed by atoms with Crippen LogP contribution in [0.15, 0.2) is 22.7 Å². The van der Waals surface area contributed by atoms with E-state index in [1.165, 1.54) is 16.9 Å². The minimum absolute atomic E-state index is 0.421. The highest BCUT2D eigenvalue weighted by Crippen LogP contribution is 2.29. The quantitative estimate of drug-likeness (QED) is 0.783. The largest absolute Gasteiger partial charge is 0.148 e. The molecule has 0 spiro atoms. The van der Waals surface area contributed by atoms with E-state index in [2.05, 4.69) is 39.1 Å². The van der Waals surface area contributed by atoms with Crippen molar-refractivity contribution in [2.24, 2.45) is 0 Å². The first-order valence-electron chi connectivity index (χ1n) is 4.35. The number of benzene rings is 1. The van der Waals surface area contributed by atoms with Crippen molar-refractivity contribution in [3.05, 3.63) is 33.2 Å². The van der Waals surface area contributed by atoms with E-state index >= 15 is 0 Å². The molecule has 15 heavy (non-hydrogen) atoms. The zero-order valence-corrected chi connectivity index (χ0v) is 11.2. The first kappa shape index (κ1) is 11.0. The second-order valence-electron chi connectivity index (χ2n) is 3.09. The summed E-state index contributed by atoms with van der Waals surface area (Å²) in [5.41, 5.74) is 2.30. The Kier molecular flexibility index (Phi) is 3.38. The minimum Gasteiger partial charge on any atom is -0.142 e. The first-order chi connectivity index (χ1) is 7.20. The molecule has 0 N–H and O–H groups in total. The van der Waals surface area contributed by atoms with Crippen molar-refractivity contribution >= 4 is 38.9 Å². The molecule has 0 atom stereocenters. The third-order valence-electron chi connectivity index (χ3n) is 2.01. The van der Waals surface area contributed by atoms with Crippen molar-refractivity contribution in [1.29, 1.82) is 0 Å². The maximum absolute atomic E-state index is 5.70. The smallest absolute Gasteiger partial charge is 0.142 e. The monoisotopic (exact) mass is 302 g/mol. The lowest BCUT2D eigenvalue weighted by Crippen LogP contribution is -1.82. The van der Waals surface area contributed by atoms with Crippen LogP contribution in [0.25, 0.3) is 10.6 Å². The van der Waals surface area contributed by atoms with Crippen molar-refractivity contribution < 1.29 is 0 Å². The summed E-state index contributed by atoms with van der Waals surface area (Å²) in [4.78, 5) is 0. The molecule has 78 valence electrons. The summed E-state index contributed by atoms with van der Waals surface area (Å²) in [6.45, 7) is 2.06. The Morgan fingerprint density at radius 3 is 2.87 bits per heavy atom. The van der Waals surface area contributed by atoms with E-state index < -0.39 is 0 Å². The molecule has 0 amide bonds. The Bertz CT molecular complexity index is 484. The van der Waals surface area contributed by atoms with E-state index in [9.17, 15) is 0 Å². The average Bonchev–Trinajstić information content (AvgIpc) is 2.70. The van der Waals surface area contributed by atoms with Gasteiger partial charge in [-0.1, -0.05) is 33.3 Å². The molecule has 1 heterocycles.